The van der Waals surface area contributed by atoms with Gasteiger partial charge in [0.2, 0.25) is 0 Å². The summed E-state index contributed by atoms with van der Waals surface area (Å²) in [6.07, 6.45) is -11.4. The van der Waals surface area contributed by atoms with E-state index in [-0.39, 0.29) is 6.42 Å². The first-order chi connectivity index (χ1) is 11.3. The molecule has 0 aromatic carbocycles. The summed E-state index contributed by atoms with van der Waals surface area (Å²) in [5.41, 5.74) is 0. The van der Waals surface area contributed by atoms with Crippen molar-refractivity contribution in [3.8, 4) is 0 Å². The average molecular weight is 350 g/mol. The summed E-state index contributed by atoms with van der Waals surface area (Å²) in [7, 11) is 0. The summed E-state index contributed by atoms with van der Waals surface area (Å²) in [6, 6.07) is 0. The number of rotatable bonds is 4. The SMILES string of the molecule is O=C(O)C1C2O[C@H]2C(O)[C@@H](O)[C@@H]1O[C@H]1CC(CO)[C@@H](O)[C@H](O)C1O. The van der Waals surface area contributed by atoms with E-state index in [2.05, 4.69) is 0 Å². The third-order valence-corrected chi connectivity index (χ3v) is 5.24. The number of hydrogen-bond donors (Lipinski definition) is 7. The largest absolute Gasteiger partial charge is 0.481 e. The number of aliphatic hydroxyl groups is 6. The van der Waals surface area contributed by atoms with Gasteiger partial charge in [0.25, 0.3) is 0 Å². The molecule has 1 aliphatic heterocycles. The maximum absolute atomic E-state index is 11.5. The Kier molecular flexibility index (Phi) is 4.84. The highest BCUT2D eigenvalue weighted by molar-refractivity contribution is 5.72. The number of epoxide rings is 1. The van der Waals surface area contributed by atoms with E-state index in [1.54, 1.807) is 0 Å². The molecular weight excluding hydrogens is 328 g/mol. The molecule has 1 heterocycles. The molecule has 3 rings (SSSR count). The Morgan fingerprint density at radius 1 is 0.958 bits per heavy atom. The van der Waals surface area contributed by atoms with Crippen LogP contribution in [0.3, 0.4) is 0 Å². The molecule has 0 amide bonds. The molecule has 24 heavy (non-hydrogen) atoms. The third-order valence-electron chi connectivity index (χ3n) is 5.24. The fraction of sp³-hybridized carbons (Fsp3) is 0.929. The van der Waals surface area contributed by atoms with Crippen molar-refractivity contribution in [2.45, 2.75) is 61.4 Å². The molecule has 138 valence electrons. The Bertz CT molecular complexity index is 484. The number of aliphatic hydroxyl groups excluding tert-OH is 6. The van der Waals surface area contributed by atoms with Crippen LogP contribution in [0.2, 0.25) is 0 Å². The molecule has 0 aromatic heterocycles. The highest BCUT2D eigenvalue weighted by Gasteiger charge is 2.64. The topological polar surface area (TPSA) is 180 Å². The van der Waals surface area contributed by atoms with Gasteiger partial charge in [-0.15, -0.1) is 0 Å². The van der Waals surface area contributed by atoms with Crippen molar-refractivity contribution in [1.29, 1.82) is 0 Å². The molecule has 0 spiro atoms. The van der Waals surface area contributed by atoms with E-state index in [9.17, 15) is 40.5 Å². The lowest BCUT2D eigenvalue weighted by atomic mass is 9.79. The van der Waals surface area contributed by atoms with Crippen molar-refractivity contribution >= 4 is 5.97 Å². The van der Waals surface area contributed by atoms with Crippen LogP contribution in [0, 0.1) is 11.8 Å². The lowest BCUT2D eigenvalue weighted by Gasteiger charge is -2.43. The Labute approximate surface area is 136 Å². The Hall–Kier alpha value is -0.850. The van der Waals surface area contributed by atoms with Crippen LogP contribution in [0.4, 0.5) is 0 Å². The van der Waals surface area contributed by atoms with Crippen LogP contribution >= 0.6 is 0 Å². The van der Waals surface area contributed by atoms with Crippen LogP contribution in [0.25, 0.3) is 0 Å². The summed E-state index contributed by atoms with van der Waals surface area (Å²) in [6.45, 7) is -0.461. The number of carboxylic acid groups (broad SMARTS) is 1. The van der Waals surface area contributed by atoms with Crippen LogP contribution in [0.1, 0.15) is 6.42 Å². The van der Waals surface area contributed by atoms with E-state index in [1.165, 1.54) is 0 Å². The van der Waals surface area contributed by atoms with Gasteiger partial charge in [-0.1, -0.05) is 0 Å². The normalized spacial score (nSPS) is 54.2. The summed E-state index contributed by atoms with van der Waals surface area (Å²) in [4.78, 5) is 11.5. The maximum atomic E-state index is 11.5. The number of carbonyl (C=O) groups is 1. The smallest absolute Gasteiger partial charge is 0.312 e. The second kappa shape index (κ2) is 6.46. The summed E-state index contributed by atoms with van der Waals surface area (Å²) in [5.74, 6) is -3.28. The minimum Gasteiger partial charge on any atom is -0.481 e. The monoisotopic (exact) mass is 350 g/mol. The van der Waals surface area contributed by atoms with E-state index in [0.717, 1.165) is 0 Å². The predicted octanol–water partition coefficient (Wildman–Crippen LogP) is -3.96. The van der Waals surface area contributed by atoms with Gasteiger partial charge in [0.1, 0.15) is 48.6 Å². The highest BCUT2D eigenvalue weighted by Crippen LogP contribution is 2.43. The van der Waals surface area contributed by atoms with Gasteiger partial charge in [0.05, 0.1) is 12.2 Å². The maximum Gasteiger partial charge on any atom is 0.312 e. The quantitative estimate of drug-likeness (QED) is 0.247. The van der Waals surface area contributed by atoms with Crippen LogP contribution in [0.15, 0.2) is 0 Å². The van der Waals surface area contributed by atoms with Gasteiger partial charge in [-0.3, -0.25) is 4.79 Å². The summed E-state index contributed by atoms with van der Waals surface area (Å²) >= 11 is 0. The summed E-state index contributed by atoms with van der Waals surface area (Å²) in [5, 5.41) is 68.4. The van der Waals surface area contributed by atoms with Gasteiger partial charge >= 0.3 is 5.97 Å². The molecule has 0 radical (unpaired) electrons. The molecular formula is C14H22O10. The number of carboxylic acids is 1. The highest BCUT2D eigenvalue weighted by atomic mass is 16.6. The van der Waals surface area contributed by atoms with Gasteiger partial charge in [-0.2, -0.15) is 0 Å². The first kappa shape index (κ1) is 18.0. The molecule has 1 saturated heterocycles. The van der Waals surface area contributed by atoms with Gasteiger partial charge in [-0.05, 0) is 6.42 Å². The fourth-order valence-electron chi connectivity index (χ4n) is 3.73. The van der Waals surface area contributed by atoms with Gasteiger partial charge in [-0.25, -0.2) is 0 Å². The molecule has 3 aliphatic rings. The number of hydrogen-bond acceptors (Lipinski definition) is 9. The Balaban J connectivity index is 1.78. The summed E-state index contributed by atoms with van der Waals surface area (Å²) < 4.78 is 10.6. The Morgan fingerprint density at radius 2 is 1.62 bits per heavy atom. The Morgan fingerprint density at radius 3 is 2.21 bits per heavy atom. The zero-order valence-corrected chi connectivity index (χ0v) is 12.6. The van der Waals surface area contributed by atoms with E-state index < -0.39 is 79.3 Å². The van der Waals surface area contributed by atoms with Gasteiger partial charge < -0.3 is 45.2 Å². The second-order valence-corrected chi connectivity index (χ2v) is 6.70. The number of fused-ring (bicyclic) bond motifs is 1. The molecule has 0 bridgehead atoms. The zero-order chi connectivity index (χ0) is 17.8. The van der Waals surface area contributed by atoms with E-state index in [4.69, 9.17) is 9.47 Å². The van der Waals surface area contributed by atoms with Crippen molar-refractivity contribution < 1.29 is 50.0 Å². The molecule has 10 nitrogen and oxygen atoms in total. The van der Waals surface area contributed by atoms with Crippen molar-refractivity contribution in [1.82, 2.24) is 0 Å². The minimum absolute atomic E-state index is 0.0451. The predicted molar refractivity (Wildman–Crippen MR) is 73.7 cm³/mol. The van der Waals surface area contributed by atoms with E-state index in [1.807, 2.05) is 0 Å². The molecule has 11 atom stereocenters. The third kappa shape index (κ3) is 2.82. The molecule has 2 aliphatic carbocycles. The van der Waals surface area contributed by atoms with E-state index >= 15 is 0 Å². The first-order valence-electron chi connectivity index (χ1n) is 7.82. The second-order valence-electron chi connectivity index (χ2n) is 6.70. The van der Waals surface area contributed by atoms with Crippen molar-refractivity contribution in [2.75, 3.05) is 6.61 Å². The molecule has 7 N–H and O–H groups in total. The van der Waals surface area contributed by atoms with Crippen molar-refractivity contribution in [3.63, 3.8) is 0 Å². The average Bonchev–Trinajstić information content (AvgIpc) is 3.32. The molecule has 10 heteroatoms. The van der Waals surface area contributed by atoms with Crippen LogP contribution < -0.4 is 0 Å². The van der Waals surface area contributed by atoms with E-state index in [0.29, 0.717) is 0 Å². The van der Waals surface area contributed by atoms with Gasteiger partial charge in [0.15, 0.2) is 0 Å². The van der Waals surface area contributed by atoms with Crippen LogP contribution in [0.5, 0.6) is 0 Å². The fourth-order valence-corrected chi connectivity index (χ4v) is 3.73. The number of ether oxygens (including phenoxy) is 2. The van der Waals surface area contributed by atoms with Crippen molar-refractivity contribution in [2.24, 2.45) is 11.8 Å². The molecule has 0 aromatic rings. The minimum atomic E-state index is -1.58. The number of aliphatic carboxylic acids is 1. The molecule has 3 fully saturated rings. The van der Waals surface area contributed by atoms with Gasteiger partial charge in [0, 0.05) is 12.5 Å². The standard InChI is InChI=1S/C14H22O10/c15-2-3-1-4(7(17)8(18)6(3)16)23-11-5(14(21)22)12-13(24-12)10(20)9(11)19/h3-13,15-20H,1-2H2,(H,21,22)/t3?,4-,5?,6+,7?,8-,9+,10?,11+,12?,13-/m0/s1. The first-order valence-corrected chi connectivity index (χ1v) is 7.82. The lowest BCUT2D eigenvalue weighted by Crippen LogP contribution is -2.60. The molecule has 5 unspecified atom stereocenters. The van der Waals surface area contributed by atoms with Crippen LogP contribution in [-0.4, -0.2) is 103 Å². The van der Waals surface area contributed by atoms with Crippen molar-refractivity contribution in [3.05, 3.63) is 0 Å². The molecule has 2 saturated carbocycles. The lowest BCUT2D eigenvalue weighted by molar-refractivity contribution is -0.222. The van der Waals surface area contributed by atoms with Crippen LogP contribution in [-0.2, 0) is 14.3 Å². The zero-order valence-electron chi connectivity index (χ0n) is 12.6.